The zero-order valence-corrected chi connectivity index (χ0v) is 9.19. The Kier molecular flexibility index (Phi) is 3.04. The van der Waals surface area contributed by atoms with Crippen molar-refractivity contribution in [3.63, 3.8) is 0 Å². The Hall–Kier alpha value is -0.780. The number of nitrogens with one attached hydrogen (secondary N) is 1. The van der Waals surface area contributed by atoms with Gasteiger partial charge in [0.1, 0.15) is 0 Å². The molecule has 1 atom stereocenters. The summed E-state index contributed by atoms with van der Waals surface area (Å²) in [6, 6.07) is 0. The van der Waals surface area contributed by atoms with Crippen LogP contribution < -0.4 is 5.32 Å². The molecule has 14 heavy (non-hydrogen) atoms. The van der Waals surface area contributed by atoms with Crippen LogP contribution in [0.3, 0.4) is 0 Å². The SMILES string of the molecule is CCOC(=O)NC1(C)CCS(=O)(=O)C1. The van der Waals surface area contributed by atoms with Crippen LogP contribution in [-0.4, -0.2) is 38.2 Å². The second-order valence-electron chi connectivity index (χ2n) is 3.75. The van der Waals surface area contributed by atoms with Gasteiger partial charge in [0.2, 0.25) is 0 Å². The van der Waals surface area contributed by atoms with Crippen molar-refractivity contribution in [3.8, 4) is 0 Å². The van der Waals surface area contributed by atoms with Crippen molar-refractivity contribution < 1.29 is 17.9 Å². The summed E-state index contributed by atoms with van der Waals surface area (Å²) in [6.07, 6.45) is -0.0965. The Morgan fingerprint density at radius 1 is 1.57 bits per heavy atom. The van der Waals surface area contributed by atoms with Gasteiger partial charge >= 0.3 is 6.09 Å². The molecule has 1 unspecified atom stereocenters. The smallest absolute Gasteiger partial charge is 0.407 e. The molecule has 1 fully saturated rings. The fraction of sp³-hybridized carbons (Fsp3) is 0.875. The van der Waals surface area contributed by atoms with Crippen LogP contribution in [0.25, 0.3) is 0 Å². The number of hydrogen-bond donors (Lipinski definition) is 1. The van der Waals surface area contributed by atoms with Crippen molar-refractivity contribution in [2.45, 2.75) is 25.8 Å². The molecule has 1 saturated heterocycles. The van der Waals surface area contributed by atoms with Crippen LogP contribution in [0.4, 0.5) is 4.79 Å². The normalized spacial score (nSPS) is 29.9. The first kappa shape index (κ1) is 11.3. The molecule has 1 N–H and O–H groups in total. The van der Waals surface area contributed by atoms with Gasteiger partial charge in [0.05, 0.1) is 23.7 Å². The summed E-state index contributed by atoms with van der Waals surface area (Å²) in [4.78, 5) is 11.1. The van der Waals surface area contributed by atoms with Crippen molar-refractivity contribution in [1.82, 2.24) is 5.32 Å². The van der Waals surface area contributed by atoms with Crippen molar-refractivity contribution in [2.75, 3.05) is 18.1 Å². The van der Waals surface area contributed by atoms with E-state index in [0.29, 0.717) is 6.42 Å². The highest BCUT2D eigenvalue weighted by molar-refractivity contribution is 7.91. The fourth-order valence-electron chi connectivity index (χ4n) is 1.52. The monoisotopic (exact) mass is 221 g/mol. The van der Waals surface area contributed by atoms with Crippen molar-refractivity contribution in [2.24, 2.45) is 0 Å². The topological polar surface area (TPSA) is 72.5 Å². The molecule has 1 rings (SSSR count). The third-order valence-corrected chi connectivity index (χ3v) is 4.09. The quantitative estimate of drug-likeness (QED) is 0.728. The molecule has 5 nitrogen and oxygen atoms in total. The van der Waals surface area contributed by atoms with E-state index in [1.807, 2.05) is 0 Å². The third kappa shape index (κ3) is 2.87. The number of rotatable bonds is 2. The van der Waals surface area contributed by atoms with Gasteiger partial charge in [0.25, 0.3) is 0 Å². The number of sulfone groups is 1. The molecule has 0 aromatic rings. The fourth-order valence-corrected chi connectivity index (χ4v) is 3.62. The van der Waals surface area contributed by atoms with Crippen LogP contribution in [0.2, 0.25) is 0 Å². The molecular formula is C8H15NO4S. The summed E-state index contributed by atoms with van der Waals surface area (Å²) < 4.78 is 27.1. The van der Waals surface area contributed by atoms with Crippen molar-refractivity contribution in [3.05, 3.63) is 0 Å². The molecule has 0 aromatic carbocycles. The maximum absolute atomic E-state index is 11.2. The van der Waals surface area contributed by atoms with Gasteiger partial charge in [0.15, 0.2) is 9.84 Å². The Morgan fingerprint density at radius 3 is 2.64 bits per heavy atom. The summed E-state index contributed by atoms with van der Waals surface area (Å²) in [5.74, 6) is 0.134. The zero-order chi connectivity index (χ0) is 10.8. The Bertz CT molecular complexity index is 324. The lowest BCUT2D eigenvalue weighted by Crippen LogP contribution is -2.47. The van der Waals surface area contributed by atoms with E-state index in [1.54, 1.807) is 13.8 Å². The summed E-state index contributed by atoms with van der Waals surface area (Å²) in [5, 5.41) is 2.57. The largest absolute Gasteiger partial charge is 0.450 e. The molecule has 82 valence electrons. The minimum absolute atomic E-state index is 0.00118. The van der Waals surface area contributed by atoms with Crippen LogP contribution >= 0.6 is 0 Å². The highest BCUT2D eigenvalue weighted by Gasteiger charge is 2.39. The van der Waals surface area contributed by atoms with Gasteiger partial charge < -0.3 is 10.1 Å². The van der Waals surface area contributed by atoms with Gasteiger partial charge in [-0.3, -0.25) is 0 Å². The van der Waals surface area contributed by atoms with Gasteiger partial charge in [-0.25, -0.2) is 13.2 Å². The molecule has 1 amide bonds. The van der Waals surface area contributed by atoms with E-state index in [4.69, 9.17) is 4.74 Å². The molecule has 0 radical (unpaired) electrons. The zero-order valence-electron chi connectivity index (χ0n) is 8.37. The molecule has 1 aliphatic rings. The number of alkyl carbamates (subject to hydrolysis) is 1. The highest BCUT2D eigenvalue weighted by atomic mass is 32.2. The lowest BCUT2D eigenvalue weighted by Gasteiger charge is -2.22. The second kappa shape index (κ2) is 3.76. The van der Waals surface area contributed by atoms with E-state index < -0.39 is 21.5 Å². The molecule has 0 bridgehead atoms. The summed E-state index contributed by atoms with van der Waals surface area (Å²) in [6.45, 7) is 3.70. The lowest BCUT2D eigenvalue weighted by atomic mass is 10.0. The van der Waals surface area contributed by atoms with Crippen molar-refractivity contribution >= 4 is 15.9 Å². The van der Waals surface area contributed by atoms with Crippen LogP contribution in [0, 0.1) is 0 Å². The predicted molar refractivity (Wildman–Crippen MR) is 51.8 cm³/mol. The highest BCUT2D eigenvalue weighted by Crippen LogP contribution is 2.22. The standard InChI is InChI=1S/C8H15NO4S/c1-3-13-7(10)9-8(2)4-5-14(11,12)6-8/h3-6H2,1-2H3,(H,9,10). The molecule has 1 heterocycles. The van der Waals surface area contributed by atoms with E-state index in [0.717, 1.165) is 0 Å². The number of carbonyl (C=O) groups is 1. The number of amides is 1. The van der Waals surface area contributed by atoms with Gasteiger partial charge in [-0.15, -0.1) is 0 Å². The van der Waals surface area contributed by atoms with Gasteiger partial charge in [-0.05, 0) is 20.3 Å². The van der Waals surface area contributed by atoms with Crippen LogP contribution in [0.5, 0.6) is 0 Å². The lowest BCUT2D eigenvalue weighted by molar-refractivity contribution is 0.142. The minimum Gasteiger partial charge on any atom is -0.450 e. The molecular weight excluding hydrogens is 206 g/mol. The number of carbonyl (C=O) groups excluding carboxylic acids is 1. The number of hydrogen-bond acceptors (Lipinski definition) is 4. The average Bonchev–Trinajstić information content (AvgIpc) is 2.25. The van der Waals surface area contributed by atoms with E-state index >= 15 is 0 Å². The molecule has 0 aromatic heterocycles. The maximum Gasteiger partial charge on any atom is 0.407 e. The Morgan fingerprint density at radius 2 is 2.21 bits per heavy atom. The first-order valence-corrected chi connectivity index (χ1v) is 6.34. The third-order valence-electron chi connectivity index (χ3n) is 2.18. The van der Waals surface area contributed by atoms with Crippen LogP contribution in [-0.2, 0) is 14.6 Å². The maximum atomic E-state index is 11.2. The predicted octanol–water partition coefficient (Wildman–Crippen LogP) is 0.310. The van der Waals surface area contributed by atoms with Gasteiger partial charge in [-0.2, -0.15) is 0 Å². The first-order chi connectivity index (χ1) is 6.37. The summed E-state index contributed by atoms with van der Waals surface area (Å²) in [5.41, 5.74) is -0.662. The van der Waals surface area contributed by atoms with E-state index in [9.17, 15) is 13.2 Å². The minimum atomic E-state index is -2.98. The molecule has 6 heteroatoms. The molecule has 0 aliphatic carbocycles. The number of ether oxygens (including phenoxy) is 1. The van der Waals surface area contributed by atoms with E-state index in [1.165, 1.54) is 0 Å². The van der Waals surface area contributed by atoms with Crippen LogP contribution in [0.15, 0.2) is 0 Å². The molecule has 0 spiro atoms. The summed E-state index contributed by atoms with van der Waals surface area (Å²) >= 11 is 0. The van der Waals surface area contributed by atoms with Gasteiger partial charge in [0, 0.05) is 0 Å². The molecule has 1 aliphatic heterocycles. The van der Waals surface area contributed by atoms with Crippen molar-refractivity contribution in [1.29, 1.82) is 0 Å². The average molecular weight is 221 g/mol. The van der Waals surface area contributed by atoms with E-state index in [2.05, 4.69) is 5.32 Å². The Labute approximate surface area is 83.7 Å². The van der Waals surface area contributed by atoms with Gasteiger partial charge in [-0.1, -0.05) is 0 Å². The summed E-state index contributed by atoms with van der Waals surface area (Å²) in [7, 11) is -2.98. The van der Waals surface area contributed by atoms with E-state index in [-0.39, 0.29) is 18.1 Å². The molecule has 0 saturated carbocycles. The Balaban J connectivity index is 2.57. The first-order valence-electron chi connectivity index (χ1n) is 4.52. The van der Waals surface area contributed by atoms with Crippen LogP contribution in [0.1, 0.15) is 20.3 Å². The second-order valence-corrected chi connectivity index (χ2v) is 5.93.